The lowest BCUT2D eigenvalue weighted by atomic mass is 10.0. The molecule has 1 amide bonds. The van der Waals surface area contributed by atoms with Crippen LogP contribution in [0.5, 0.6) is 0 Å². The van der Waals surface area contributed by atoms with Gasteiger partial charge in [-0.3, -0.25) is 9.59 Å². The maximum atomic E-state index is 12.5. The van der Waals surface area contributed by atoms with Gasteiger partial charge < -0.3 is 20.3 Å². The van der Waals surface area contributed by atoms with E-state index in [1.54, 1.807) is 0 Å². The third-order valence-electron chi connectivity index (χ3n) is 18.6. The Morgan fingerprint density at radius 2 is 0.560 bits per heavy atom. The van der Waals surface area contributed by atoms with E-state index in [4.69, 9.17) is 4.74 Å². The molecule has 3 N–H and O–H groups in total. The molecule has 0 aromatic carbocycles. The van der Waals surface area contributed by atoms with E-state index >= 15 is 0 Å². The zero-order chi connectivity index (χ0) is 60.6. The molecule has 0 aromatic heterocycles. The molecule has 0 aliphatic rings. The van der Waals surface area contributed by atoms with Crippen LogP contribution in [-0.2, 0) is 14.3 Å². The Kier molecular flexibility index (Phi) is 72.8. The third kappa shape index (κ3) is 69.7. The van der Waals surface area contributed by atoms with Gasteiger partial charge in [-0.2, -0.15) is 0 Å². The Labute approximate surface area is 527 Å². The number of unbranched alkanes of at least 4 members (excludes halogenated alkanes) is 61. The van der Waals surface area contributed by atoms with E-state index in [1.807, 2.05) is 0 Å². The van der Waals surface area contributed by atoms with E-state index in [0.717, 1.165) is 44.9 Å². The van der Waals surface area contributed by atoms with E-state index in [1.165, 1.54) is 372 Å². The summed E-state index contributed by atoms with van der Waals surface area (Å²) in [7, 11) is 0. The van der Waals surface area contributed by atoms with Gasteiger partial charge in [0.1, 0.15) is 0 Å². The first-order valence-corrected chi connectivity index (χ1v) is 38.9. The second kappa shape index (κ2) is 74.1. The van der Waals surface area contributed by atoms with Gasteiger partial charge in [0.05, 0.1) is 25.4 Å². The zero-order valence-corrected chi connectivity index (χ0v) is 57.4. The molecular weight excluding hydrogens is 1030 g/mol. The number of carbonyl (C=O) groups is 2. The molecule has 0 saturated heterocycles. The van der Waals surface area contributed by atoms with Gasteiger partial charge in [-0.15, -0.1) is 0 Å². The highest BCUT2D eigenvalue weighted by Gasteiger charge is 2.20. The number of hydrogen-bond acceptors (Lipinski definition) is 5. The van der Waals surface area contributed by atoms with Crippen LogP contribution in [0.2, 0.25) is 0 Å². The Morgan fingerprint density at radius 1 is 0.321 bits per heavy atom. The smallest absolute Gasteiger partial charge is 0.305 e. The lowest BCUT2D eigenvalue weighted by Gasteiger charge is -2.22. The SMILES string of the molecule is CCCCCCCCC/C=C\CCCCCCCC(=O)OCCCCCCCCCCCCCCCCCCCCCCCCCCCCCCCCCCCCCC(=O)NC(CO)C(O)CCCCCCCCCCCCCCCCCC. The highest BCUT2D eigenvalue weighted by atomic mass is 16.5. The van der Waals surface area contributed by atoms with Gasteiger partial charge in [-0.1, -0.05) is 398 Å². The van der Waals surface area contributed by atoms with Crippen molar-refractivity contribution < 1.29 is 24.5 Å². The van der Waals surface area contributed by atoms with Crippen molar-refractivity contribution in [1.29, 1.82) is 0 Å². The van der Waals surface area contributed by atoms with Gasteiger partial charge in [-0.05, 0) is 51.4 Å². The largest absolute Gasteiger partial charge is 0.466 e. The summed E-state index contributed by atoms with van der Waals surface area (Å²) in [6.07, 6.45) is 93.0. The number of hydrogen-bond donors (Lipinski definition) is 3. The molecule has 0 heterocycles. The molecule has 2 atom stereocenters. The van der Waals surface area contributed by atoms with Crippen LogP contribution in [0.4, 0.5) is 0 Å². The molecule has 6 heteroatoms. The summed E-state index contributed by atoms with van der Waals surface area (Å²) in [4.78, 5) is 24.6. The van der Waals surface area contributed by atoms with Crippen LogP contribution in [0.25, 0.3) is 0 Å². The number of ether oxygens (including phenoxy) is 1. The van der Waals surface area contributed by atoms with Gasteiger partial charge in [0, 0.05) is 12.8 Å². The molecule has 0 aliphatic carbocycles. The van der Waals surface area contributed by atoms with Gasteiger partial charge in [0.25, 0.3) is 0 Å². The molecule has 0 aliphatic heterocycles. The van der Waals surface area contributed by atoms with Crippen LogP contribution >= 0.6 is 0 Å². The molecule has 0 bridgehead atoms. The number of amides is 1. The molecule has 0 fully saturated rings. The van der Waals surface area contributed by atoms with E-state index in [2.05, 4.69) is 31.3 Å². The highest BCUT2D eigenvalue weighted by molar-refractivity contribution is 5.76. The number of rotatable bonds is 74. The van der Waals surface area contributed by atoms with Crippen LogP contribution < -0.4 is 5.32 Å². The molecular formula is C78H153NO5. The molecule has 0 saturated carbocycles. The number of esters is 1. The number of allylic oxidation sites excluding steroid dienone is 2. The predicted octanol–water partition coefficient (Wildman–Crippen LogP) is 25.5. The minimum atomic E-state index is -0.660. The quantitative estimate of drug-likeness (QED) is 0.0320. The van der Waals surface area contributed by atoms with Crippen molar-refractivity contribution in [3.63, 3.8) is 0 Å². The Balaban J connectivity index is 3.29. The summed E-state index contributed by atoms with van der Waals surface area (Å²) in [6.45, 7) is 5.00. The summed E-state index contributed by atoms with van der Waals surface area (Å²) >= 11 is 0. The summed E-state index contributed by atoms with van der Waals surface area (Å²) in [6, 6.07) is -0.537. The second-order valence-corrected chi connectivity index (χ2v) is 27.0. The molecule has 0 radical (unpaired) electrons. The molecule has 0 spiro atoms. The maximum absolute atomic E-state index is 12.5. The van der Waals surface area contributed by atoms with Crippen molar-refractivity contribution in [2.24, 2.45) is 0 Å². The highest BCUT2D eigenvalue weighted by Crippen LogP contribution is 2.20. The van der Waals surface area contributed by atoms with E-state index in [9.17, 15) is 19.8 Å². The lowest BCUT2D eigenvalue weighted by molar-refractivity contribution is -0.143. The fourth-order valence-electron chi connectivity index (χ4n) is 12.6. The topological polar surface area (TPSA) is 95.9 Å². The standard InChI is InChI=1S/C78H153NO5/c1-3-5-7-9-11-13-15-17-19-42-46-50-54-58-62-66-70-76(81)75(74-80)79-77(82)71-67-63-59-55-51-47-43-40-38-36-34-32-30-28-26-24-22-21-23-25-27-29-31-33-35-37-39-41-45-49-53-57-61-65-69-73-84-78(83)72-68-64-60-56-52-48-44-20-18-16-14-12-10-8-6-4-2/h20,44,75-76,80-81H,3-19,21-43,45-74H2,1-2H3,(H,79,82)/b44-20-. The summed E-state index contributed by atoms with van der Waals surface area (Å²) in [5.74, 6) is -0.00917. The number of aliphatic hydroxyl groups is 2. The first-order chi connectivity index (χ1) is 41.5. The van der Waals surface area contributed by atoms with Crippen molar-refractivity contribution in [3.8, 4) is 0 Å². The van der Waals surface area contributed by atoms with Crippen molar-refractivity contribution >= 4 is 11.9 Å². The van der Waals surface area contributed by atoms with Crippen molar-refractivity contribution in [2.45, 2.75) is 463 Å². The van der Waals surface area contributed by atoms with Crippen LogP contribution in [0.15, 0.2) is 12.2 Å². The van der Waals surface area contributed by atoms with Crippen LogP contribution in [0.3, 0.4) is 0 Å². The Bertz CT molecular complexity index is 1270. The molecule has 500 valence electrons. The van der Waals surface area contributed by atoms with Crippen LogP contribution in [0.1, 0.15) is 450 Å². The van der Waals surface area contributed by atoms with Crippen molar-refractivity contribution in [2.75, 3.05) is 13.2 Å². The average molecular weight is 1190 g/mol. The summed E-state index contributed by atoms with van der Waals surface area (Å²) in [5, 5.41) is 23.4. The molecule has 84 heavy (non-hydrogen) atoms. The van der Waals surface area contributed by atoms with Gasteiger partial charge in [-0.25, -0.2) is 0 Å². The first kappa shape index (κ1) is 82.6. The van der Waals surface area contributed by atoms with E-state index in [0.29, 0.717) is 25.9 Å². The molecule has 0 aromatic rings. The first-order valence-electron chi connectivity index (χ1n) is 38.9. The minimum Gasteiger partial charge on any atom is -0.466 e. The fraction of sp³-hybridized carbons (Fsp3) is 0.949. The summed E-state index contributed by atoms with van der Waals surface area (Å²) < 4.78 is 5.50. The van der Waals surface area contributed by atoms with Gasteiger partial charge >= 0.3 is 5.97 Å². The minimum absolute atomic E-state index is 0.0163. The normalized spacial score (nSPS) is 12.5. The van der Waals surface area contributed by atoms with E-state index in [-0.39, 0.29) is 18.5 Å². The molecule has 2 unspecified atom stereocenters. The monoisotopic (exact) mass is 1180 g/mol. The summed E-state index contributed by atoms with van der Waals surface area (Å²) in [5.41, 5.74) is 0. The fourth-order valence-corrected chi connectivity index (χ4v) is 12.6. The number of carbonyl (C=O) groups excluding carboxylic acids is 2. The second-order valence-electron chi connectivity index (χ2n) is 27.0. The number of aliphatic hydroxyl groups excluding tert-OH is 2. The van der Waals surface area contributed by atoms with Gasteiger partial charge in [0.15, 0.2) is 0 Å². The van der Waals surface area contributed by atoms with Crippen molar-refractivity contribution in [1.82, 2.24) is 5.32 Å². The Morgan fingerprint density at radius 3 is 0.845 bits per heavy atom. The van der Waals surface area contributed by atoms with E-state index < -0.39 is 12.1 Å². The van der Waals surface area contributed by atoms with Crippen LogP contribution in [0, 0.1) is 0 Å². The maximum Gasteiger partial charge on any atom is 0.305 e. The zero-order valence-electron chi connectivity index (χ0n) is 57.4. The number of nitrogens with one attached hydrogen (secondary N) is 1. The molecule has 0 rings (SSSR count). The average Bonchev–Trinajstić information content (AvgIpc) is 3.51. The predicted molar refractivity (Wildman–Crippen MR) is 370 cm³/mol. The van der Waals surface area contributed by atoms with Crippen LogP contribution in [-0.4, -0.2) is 47.4 Å². The van der Waals surface area contributed by atoms with Crippen molar-refractivity contribution in [3.05, 3.63) is 12.2 Å². The van der Waals surface area contributed by atoms with Gasteiger partial charge in [0.2, 0.25) is 5.91 Å². The third-order valence-corrected chi connectivity index (χ3v) is 18.6. The lowest BCUT2D eigenvalue weighted by Crippen LogP contribution is -2.45. The molecule has 6 nitrogen and oxygen atoms in total. The Hall–Kier alpha value is -1.40.